The van der Waals surface area contributed by atoms with E-state index in [1.807, 2.05) is 30.3 Å². The third-order valence-electron chi connectivity index (χ3n) is 5.88. The van der Waals surface area contributed by atoms with E-state index in [9.17, 15) is 4.79 Å². The van der Waals surface area contributed by atoms with Crippen molar-refractivity contribution in [1.82, 2.24) is 14.8 Å². The average Bonchev–Trinajstić information content (AvgIpc) is 2.77. The number of likely N-dealkylation sites (N-methyl/N-ethyl adjacent to an activating group) is 1. The van der Waals surface area contributed by atoms with Crippen LogP contribution in [0.1, 0.15) is 32.1 Å². The van der Waals surface area contributed by atoms with E-state index in [1.165, 1.54) is 19.3 Å². The Labute approximate surface area is 169 Å². The number of carbonyl (C=O) groups is 1. The molecule has 2 aliphatic rings. The van der Waals surface area contributed by atoms with Crippen LogP contribution in [0.25, 0.3) is 0 Å². The van der Waals surface area contributed by atoms with Gasteiger partial charge >= 0.3 is 0 Å². The molecule has 1 aromatic rings. The molecule has 1 aliphatic heterocycles. The quantitative estimate of drug-likeness (QED) is 0.675. The number of hydrogen-bond acceptors (Lipinski definition) is 5. The van der Waals surface area contributed by atoms with Crippen molar-refractivity contribution in [2.24, 2.45) is 5.92 Å². The molecule has 0 radical (unpaired) electrons. The lowest BCUT2D eigenvalue weighted by Gasteiger charge is -2.35. The summed E-state index contributed by atoms with van der Waals surface area (Å²) in [5.74, 6) is 2.34. The fourth-order valence-corrected chi connectivity index (χ4v) is 4.13. The third kappa shape index (κ3) is 5.47. The number of pyridine rings is 1. The van der Waals surface area contributed by atoms with Gasteiger partial charge in [0.1, 0.15) is 0 Å². The van der Waals surface area contributed by atoms with Gasteiger partial charge < -0.3 is 14.5 Å². The lowest BCUT2D eigenvalue weighted by Crippen LogP contribution is -2.46. The molecule has 0 atom stereocenters. The summed E-state index contributed by atoms with van der Waals surface area (Å²) >= 11 is 0. The number of rotatable bonds is 7. The highest BCUT2D eigenvalue weighted by Crippen LogP contribution is 2.26. The number of aromatic nitrogens is 1. The largest absolute Gasteiger partial charge is 0.493 e. The van der Waals surface area contributed by atoms with Gasteiger partial charge in [-0.3, -0.25) is 9.69 Å². The highest BCUT2D eigenvalue weighted by molar-refractivity contribution is 5.78. The van der Waals surface area contributed by atoms with Crippen LogP contribution >= 0.6 is 0 Å². The molecule has 28 heavy (non-hydrogen) atoms. The maximum atomic E-state index is 12.5. The first kappa shape index (κ1) is 20.6. The van der Waals surface area contributed by atoms with Crippen LogP contribution < -0.4 is 9.64 Å². The Balaban J connectivity index is 1.38. The highest BCUT2D eigenvalue weighted by Gasteiger charge is 2.23. The topological polar surface area (TPSA) is 48.9 Å². The van der Waals surface area contributed by atoms with Gasteiger partial charge in [0.25, 0.3) is 0 Å². The number of nitrogens with zero attached hydrogens (tertiary/aromatic N) is 4. The molecule has 154 valence electrons. The fourth-order valence-electron chi connectivity index (χ4n) is 4.13. The summed E-state index contributed by atoms with van der Waals surface area (Å²) in [6.07, 6.45) is 12.0. The monoisotopic (exact) mass is 386 g/mol. The van der Waals surface area contributed by atoms with Crippen molar-refractivity contribution in [3.8, 4) is 5.75 Å². The van der Waals surface area contributed by atoms with Crippen molar-refractivity contribution in [1.29, 1.82) is 0 Å². The number of piperazine rings is 1. The van der Waals surface area contributed by atoms with Gasteiger partial charge in [-0.05, 0) is 25.0 Å². The van der Waals surface area contributed by atoms with Gasteiger partial charge in [0, 0.05) is 58.4 Å². The minimum absolute atomic E-state index is 0.254. The lowest BCUT2D eigenvalue weighted by molar-refractivity contribution is -0.134. The SMILES string of the molecule is COc1cccnc1N1CCN(C/C=C/CN(C)C(=O)C2CCCCC2)CC1. The van der Waals surface area contributed by atoms with Crippen LogP contribution in [-0.4, -0.2) is 74.1 Å². The predicted molar refractivity (Wildman–Crippen MR) is 113 cm³/mol. The minimum atomic E-state index is 0.254. The van der Waals surface area contributed by atoms with E-state index >= 15 is 0 Å². The van der Waals surface area contributed by atoms with Crippen LogP contribution in [0.4, 0.5) is 5.82 Å². The molecule has 3 rings (SSSR count). The molecular formula is C22H34N4O2. The minimum Gasteiger partial charge on any atom is -0.493 e. The smallest absolute Gasteiger partial charge is 0.225 e. The Morgan fingerprint density at radius 3 is 2.68 bits per heavy atom. The van der Waals surface area contributed by atoms with Crippen molar-refractivity contribution < 1.29 is 9.53 Å². The van der Waals surface area contributed by atoms with Gasteiger partial charge in [-0.25, -0.2) is 4.98 Å². The molecule has 1 saturated carbocycles. The Bertz CT molecular complexity index is 650. The van der Waals surface area contributed by atoms with Crippen LogP contribution in [0.15, 0.2) is 30.5 Å². The van der Waals surface area contributed by atoms with E-state index in [2.05, 4.69) is 26.9 Å². The Kier molecular flexibility index (Phi) is 7.71. The number of anilines is 1. The molecule has 0 aromatic carbocycles. The van der Waals surface area contributed by atoms with Crippen molar-refractivity contribution in [2.75, 3.05) is 58.3 Å². The molecule has 1 aromatic heterocycles. The zero-order chi connectivity index (χ0) is 19.8. The number of ether oxygens (including phenoxy) is 1. The maximum absolute atomic E-state index is 12.5. The van der Waals surface area contributed by atoms with E-state index in [1.54, 1.807) is 7.11 Å². The van der Waals surface area contributed by atoms with Gasteiger partial charge in [-0.2, -0.15) is 0 Å². The van der Waals surface area contributed by atoms with E-state index < -0.39 is 0 Å². The molecule has 0 bridgehead atoms. The Morgan fingerprint density at radius 2 is 1.96 bits per heavy atom. The molecule has 6 nitrogen and oxygen atoms in total. The molecule has 1 aliphatic carbocycles. The molecule has 2 heterocycles. The number of carbonyl (C=O) groups excluding carboxylic acids is 1. The van der Waals surface area contributed by atoms with Crippen LogP contribution in [0.3, 0.4) is 0 Å². The van der Waals surface area contributed by atoms with Gasteiger partial charge in [0.15, 0.2) is 11.6 Å². The van der Waals surface area contributed by atoms with Crippen LogP contribution in [0.5, 0.6) is 5.75 Å². The predicted octanol–water partition coefficient (Wildman–Crippen LogP) is 2.81. The van der Waals surface area contributed by atoms with E-state index in [4.69, 9.17) is 4.74 Å². The first-order chi connectivity index (χ1) is 13.7. The summed E-state index contributed by atoms with van der Waals surface area (Å²) < 4.78 is 5.43. The van der Waals surface area contributed by atoms with Crippen LogP contribution in [0, 0.1) is 5.92 Å². The molecular weight excluding hydrogens is 352 g/mol. The summed E-state index contributed by atoms with van der Waals surface area (Å²) in [4.78, 5) is 23.6. The molecule has 0 unspecified atom stereocenters. The normalized spacial score (nSPS) is 19.1. The van der Waals surface area contributed by atoms with Gasteiger partial charge in [0.2, 0.25) is 5.91 Å². The summed E-state index contributed by atoms with van der Waals surface area (Å²) in [6, 6.07) is 3.86. The second kappa shape index (κ2) is 10.5. The number of methoxy groups -OCH3 is 1. The molecule has 2 fully saturated rings. The second-order valence-electron chi connectivity index (χ2n) is 7.84. The lowest BCUT2D eigenvalue weighted by atomic mass is 9.88. The Hall–Kier alpha value is -2.08. The number of hydrogen-bond donors (Lipinski definition) is 0. The molecule has 1 amide bonds. The Morgan fingerprint density at radius 1 is 1.21 bits per heavy atom. The third-order valence-corrected chi connectivity index (χ3v) is 5.88. The summed E-state index contributed by atoms with van der Waals surface area (Å²) in [5, 5.41) is 0. The van der Waals surface area contributed by atoms with E-state index in [0.29, 0.717) is 12.5 Å². The summed E-state index contributed by atoms with van der Waals surface area (Å²) in [7, 11) is 3.62. The molecule has 6 heteroatoms. The van der Waals surface area contributed by atoms with E-state index in [0.717, 1.165) is 57.1 Å². The van der Waals surface area contributed by atoms with Gasteiger partial charge in [-0.15, -0.1) is 0 Å². The summed E-state index contributed by atoms with van der Waals surface area (Å²) in [6.45, 7) is 5.53. The first-order valence-electron chi connectivity index (χ1n) is 10.6. The summed E-state index contributed by atoms with van der Waals surface area (Å²) in [5.41, 5.74) is 0. The number of amides is 1. The molecule has 0 spiro atoms. The van der Waals surface area contributed by atoms with Crippen LogP contribution in [0.2, 0.25) is 0 Å². The van der Waals surface area contributed by atoms with Crippen molar-refractivity contribution in [3.05, 3.63) is 30.5 Å². The van der Waals surface area contributed by atoms with Crippen molar-refractivity contribution in [3.63, 3.8) is 0 Å². The van der Waals surface area contributed by atoms with Gasteiger partial charge in [0.05, 0.1) is 7.11 Å². The second-order valence-corrected chi connectivity index (χ2v) is 7.84. The van der Waals surface area contributed by atoms with Crippen molar-refractivity contribution in [2.45, 2.75) is 32.1 Å². The highest BCUT2D eigenvalue weighted by atomic mass is 16.5. The molecule has 0 N–H and O–H groups in total. The first-order valence-corrected chi connectivity index (χ1v) is 10.6. The zero-order valence-corrected chi connectivity index (χ0v) is 17.3. The fraction of sp³-hybridized carbons (Fsp3) is 0.636. The standard InChI is InChI=1S/C22H34N4O2/c1-24(22(27)19-9-4-3-5-10-19)13-6-7-14-25-15-17-26(18-16-25)21-20(28-2)11-8-12-23-21/h6-8,11-12,19H,3-5,9-10,13-18H2,1-2H3/b7-6+. The van der Waals surface area contributed by atoms with Gasteiger partial charge in [-0.1, -0.05) is 31.4 Å². The average molecular weight is 387 g/mol. The maximum Gasteiger partial charge on any atom is 0.225 e. The van der Waals surface area contributed by atoms with Crippen molar-refractivity contribution >= 4 is 11.7 Å². The molecule has 1 saturated heterocycles. The van der Waals surface area contributed by atoms with Crippen LogP contribution in [-0.2, 0) is 4.79 Å². The van der Waals surface area contributed by atoms with E-state index in [-0.39, 0.29) is 5.92 Å². The zero-order valence-electron chi connectivity index (χ0n) is 17.3.